The number of rotatable bonds is 7. The molecule has 2 N–H and O–H groups in total. The van der Waals surface area contributed by atoms with E-state index < -0.39 is 5.97 Å². The van der Waals surface area contributed by atoms with E-state index in [1.165, 1.54) is 13.2 Å². The fourth-order valence-electron chi connectivity index (χ4n) is 5.22. The van der Waals surface area contributed by atoms with Crippen LogP contribution in [0.5, 0.6) is 11.5 Å². The van der Waals surface area contributed by atoms with E-state index in [-0.39, 0.29) is 29.4 Å². The van der Waals surface area contributed by atoms with Gasteiger partial charge < -0.3 is 19.9 Å². The average Bonchev–Trinajstić information content (AvgIpc) is 2.91. The van der Waals surface area contributed by atoms with Gasteiger partial charge in [-0.2, -0.15) is 0 Å². The zero-order valence-electron chi connectivity index (χ0n) is 20.2. The number of hydrogen-bond acceptors (Lipinski definition) is 4. The first-order valence-electron chi connectivity index (χ1n) is 12.0. The van der Waals surface area contributed by atoms with Crippen LogP contribution in [-0.4, -0.2) is 30.8 Å². The molecule has 6 heteroatoms. The van der Waals surface area contributed by atoms with Gasteiger partial charge in [0.25, 0.3) is 0 Å². The van der Waals surface area contributed by atoms with E-state index in [1.807, 2.05) is 54.6 Å². The van der Waals surface area contributed by atoms with E-state index in [9.17, 15) is 14.3 Å². The van der Waals surface area contributed by atoms with Crippen LogP contribution in [0.4, 0.5) is 4.39 Å². The van der Waals surface area contributed by atoms with Gasteiger partial charge >= 0.3 is 5.97 Å². The van der Waals surface area contributed by atoms with Crippen molar-refractivity contribution in [2.45, 2.75) is 31.4 Å². The Morgan fingerprint density at radius 3 is 2.53 bits per heavy atom. The van der Waals surface area contributed by atoms with Crippen molar-refractivity contribution < 1.29 is 23.8 Å². The Labute approximate surface area is 209 Å². The van der Waals surface area contributed by atoms with E-state index in [0.717, 1.165) is 27.8 Å². The van der Waals surface area contributed by atoms with Gasteiger partial charge in [0.2, 0.25) is 0 Å². The molecule has 3 atom stereocenters. The molecule has 0 saturated heterocycles. The molecular weight excluding hydrogens is 457 g/mol. The van der Waals surface area contributed by atoms with Gasteiger partial charge in [0.05, 0.1) is 7.11 Å². The van der Waals surface area contributed by atoms with Crippen molar-refractivity contribution in [1.29, 1.82) is 0 Å². The predicted molar refractivity (Wildman–Crippen MR) is 138 cm³/mol. The first-order chi connectivity index (χ1) is 17.5. The van der Waals surface area contributed by atoms with Crippen LogP contribution < -0.4 is 14.8 Å². The highest BCUT2D eigenvalue weighted by Gasteiger charge is 2.32. The van der Waals surface area contributed by atoms with Crippen LogP contribution in [0, 0.1) is 5.82 Å². The normalized spacial score (nSPS) is 17.8. The number of carboxylic acids is 1. The van der Waals surface area contributed by atoms with E-state index in [1.54, 1.807) is 18.2 Å². The molecule has 5 nitrogen and oxygen atoms in total. The summed E-state index contributed by atoms with van der Waals surface area (Å²) in [4.78, 5) is 11.8. The van der Waals surface area contributed by atoms with Crippen LogP contribution >= 0.6 is 0 Å². The monoisotopic (exact) mass is 485 g/mol. The second-order valence-corrected chi connectivity index (χ2v) is 9.11. The zero-order chi connectivity index (χ0) is 25.2. The minimum atomic E-state index is -1.02. The molecule has 0 aliphatic carbocycles. The fraction of sp³-hybridized carbons (Fsp3) is 0.233. The lowest BCUT2D eigenvalue weighted by atomic mass is 9.83. The van der Waals surface area contributed by atoms with Gasteiger partial charge in [-0.1, -0.05) is 60.7 Å². The summed E-state index contributed by atoms with van der Waals surface area (Å²) in [6.45, 7) is 2.63. The molecule has 0 radical (unpaired) electrons. The van der Waals surface area contributed by atoms with Crippen molar-refractivity contribution in [1.82, 2.24) is 5.32 Å². The average molecular weight is 486 g/mol. The summed E-state index contributed by atoms with van der Waals surface area (Å²) in [7, 11) is 1.50. The second kappa shape index (κ2) is 9.99. The summed E-state index contributed by atoms with van der Waals surface area (Å²) < 4.78 is 26.2. The van der Waals surface area contributed by atoms with Gasteiger partial charge in [-0.3, -0.25) is 0 Å². The number of hydrogen-bond donors (Lipinski definition) is 2. The molecule has 1 aliphatic heterocycles. The number of ether oxygens (including phenoxy) is 2. The zero-order valence-corrected chi connectivity index (χ0v) is 20.2. The number of methoxy groups -OCH3 is 1. The van der Waals surface area contributed by atoms with Crippen molar-refractivity contribution in [2.75, 3.05) is 13.7 Å². The maximum atomic E-state index is 14.3. The second-order valence-electron chi connectivity index (χ2n) is 9.11. The Morgan fingerprint density at radius 1 is 1.03 bits per heavy atom. The Balaban J connectivity index is 1.42. The SMILES string of the molecule is COc1c(C(=O)O)cccc1[C@@H]1C[C@H](CNC(C)c2ccc(F)c3ccccc23)Oc2ccccc21. The number of halogens is 1. The summed E-state index contributed by atoms with van der Waals surface area (Å²) in [5.74, 6) is -0.174. The summed E-state index contributed by atoms with van der Waals surface area (Å²) in [5.41, 5.74) is 3.00. The Kier molecular flexibility index (Phi) is 6.61. The van der Waals surface area contributed by atoms with Crippen LogP contribution in [-0.2, 0) is 0 Å². The van der Waals surface area contributed by atoms with Crippen LogP contribution in [0.3, 0.4) is 0 Å². The number of benzene rings is 4. The topological polar surface area (TPSA) is 67.8 Å². The summed E-state index contributed by atoms with van der Waals surface area (Å²) >= 11 is 0. The quantitative estimate of drug-likeness (QED) is 0.321. The minimum Gasteiger partial charge on any atom is -0.496 e. The van der Waals surface area contributed by atoms with E-state index >= 15 is 0 Å². The number of nitrogens with one attached hydrogen (secondary N) is 1. The maximum Gasteiger partial charge on any atom is 0.339 e. The molecular formula is C30H28FNO4. The number of carboxylic acid groups (broad SMARTS) is 1. The van der Waals surface area contributed by atoms with E-state index in [2.05, 4.69) is 12.2 Å². The molecule has 0 bridgehead atoms. The molecule has 36 heavy (non-hydrogen) atoms. The molecule has 0 amide bonds. The highest BCUT2D eigenvalue weighted by Crippen LogP contribution is 2.44. The smallest absolute Gasteiger partial charge is 0.339 e. The molecule has 0 aromatic heterocycles. The molecule has 0 saturated carbocycles. The number of carbonyl (C=O) groups is 1. The van der Waals surface area contributed by atoms with Crippen LogP contribution in [0.1, 0.15) is 52.4 Å². The Bertz CT molecular complexity index is 1420. The van der Waals surface area contributed by atoms with Crippen molar-refractivity contribution in [3.05, 3.63) is 107 Å². The van der Waals surface area contributed by atoms with Crippen molar-refractivity contribution in [3.63, 3.8) is 0 Å². The Morgan fingerprint density at radius 2 is 1.75 bits per heavy atom. The molecule has 1 aliphatic rings. The first-order valence-corrected chi connectivity index (χ1v) is 12.0. The van der Waals surface area contributed by atoms with Crippen LogP contribution in [0.2, 0.25) is 0 Å². The van der Waals surface area contributed by atoms with Gasteiger partial charge in [0, 0.05) is 35.0 Å². The molecule has 4 aromatic carbocycles. The first kappa shape index (κ1) is 23.8. The highest BCUT2D eigenvalue weighted by molar-refractivity contribution is 5.91. The lowest BCUT2D eigenvalue weighted by Gasteiger charge is -2.34. The summed E-state index contributed by atoms with van der Waals surface area (Å²) in [6.07, 6.45) is 0.498. The largest absolute Gasteiger partial charge is 0.496 e. The number of para-hydroxylation sites is 2. The van der Waals surface area contributed by atoms with Gasteiger partial charge in [-0.15, -0.1) is 0 Å². The predicted octanol–water partition coefficient (Wildman–Crippen LogP) is 6.32. The third-order valence-electron chi connectivity index (χ3n) is 6.96. The number of fused-ring (bicyclic) bond motifs is 2. The molecule has 184 valence electrons. The fourth-order valence-corrected chi connectivity index (χ4v) is 5.22. The molecule has 1 unspecified atom stereocenters. The van der Waals surface area contributed by atoms with Crippen molar-refractivity contribution >= 4 is 16.7 Å². The van der Waals surface area contributed by atoms with Crippen molar-refractivity contribution in [2.24, 2.45) is 0 Å². The standard InChI is InChI=1S/C30H28FNO4/c1-18(20-14-15-27(31)22-9-4-3-8-21(20)22)32-17-19-16-26(23-10-5-6-13-28(23)36-19)24-11-7-12-25(30(33)34)29(24)35-2/h3-15,18-19,26,32H,16-17H2,1-2H3,(H,33,34)/t18?,19-,26-/m1/s1. The molecule has 1 heterocycles. The van der Waals surface area contributed by atoms with Crippen molar-refractivity contribution in [3.8, 4) is 11.5 Å². The lowest BCUT2D eigenvalue weighted by Crippen LogP contribution is -2.37. The van der Waals surface area contributed by atoms with Gasteiger partial charge in [0.1, 0.15) is 29.0 Å². The van der Waals surface area contributed by atoms with Gasteiger partial charge in [-0.05, 0) is 42.5 Å². The van der Waals surface area contributed by atoms with Gasteiger partial charge in [0.15, 0.2) is 0 Å². The highest BCUT2D eigenvalue weighted by atomic mass is 19.1. The van der Waals surface area contributed by atoms with E-state index in [0.29, 0.717) is 24.1 Å². The van der Waals surface area contributed by atoms with Gasteiger partial charge in [-0.25, -0.2) is 9.18 Å². The van der Waals surface area contributed by atoms with Crippen LogP contribution in [0.15, 0.2) is 78.9 Å². The lowest BCUT2D eigenvalue weighted by molar-refractivity contribution is 0.0693. The molecule has 5 rings (SSSR count). The van der Waals surface area contributed by atoms with E-state index in [4.69, 9.17) is 9.47 Å². The summed E-state index contributed by atoms with van der Waals surface area (Å²) in [6, 6.07) is 23.9. The maximum absolute atomic E-state index is 14.3. The molecule has 4 aromatic rings. The Hall–Kier alpha value is -3.90. The third kappa shape index (κ3) is 4.40. The summed E-state index contributed by atoms with van der Waals surface area (Å²) in [5, 5.41) is 14.7. The molecule has 0 spiro atoms. The molecule has 0 fully saturated rings. The van der Waals surface area contributed by atoms with Crippen LogP contribution in [0.25, 0.3) is 10.8 Å². The minimum absolute atomic E-state index is 0.0282. The third-order valence-corrected chi connectivity index (χ3v) is 6.96. The number of aromatic carboxylic acids is 1.